The highest BCUT2D eigenvalue weighted by Crippen LogP contribution is 2.24. The molecule has 0 aliphatic carbocycles. The lowest BCUT2D eigenvalue weighted by Crippen LogP contribution is -2.17. The second kappa shape index (κ2) is 5.13. The maximum atomic E-state index is 9.43. The van der Waals surface area contributed by atoms with Crippen LogP contribution in [-0.2, 0) is 6.54 Å². The molecule has 1 N–H and O–H groups in total. The molecule has 0 aliphatic rings. The Bertz CT molecular complexity index is 549. The molecule has 2 aromatic rings. The van der Waals surface area contributed by atoms with Crippen LogP contribution < -0.4 is 4.90 Å². The van der Waals surface area contributed by atoms with E-state index in [2.05, 4.69) is 43.1 Å². The van der Waals surface area contributed by atoms with Gasteiger partial charge in [0.1, 0.15) is 5.75 Å². The average molecular weight is 241 g/mol. The summed E-state index contributed by atoms with van der Waals surface area (Å²) in [5, 5.41) is 9.43. The third kappa shape index (κ3) is 2.83. The van der Waals surface area contributed by atoms with E-state index in [1.807, 2.05) is 13.0 Å². The number of anilines is 1. The lowest BCUT2D eigenvalue weighted by Gasteiger charge is -2.22. The predicted octanol–water partition coefficient (Wildman–Crippen LogP) is 3.65. The van der Waals surface area contributed by atoms with Crippen molar-refractivity contribution in [1.82, 2.24) is 0 Å². The molecule has 0 aliphatic heterocycles. The minimum Gasteiger partial charge on any atom is -0.508 e. The van der Waals surface area contributed by atoms with E-state index < -0.39 is 0 Å². The van der Waals surface area contributed by atoms with E-state index in [1.165, 1.54) is 11.1 Å². The van der Waals surface area contributed by atoms with Crippen molar-refractivity contribution in [3.63, 3.8) is 0 Å². The topological polar surface area (TPSA) is 23.5 Å². The van der Waals surface area contributed by atoms with Crippen LogP contribution in [0.5, 0.6) is 5.75 Å². The zero-order valence-corrected chi connectivity index (χ0v) is 11.1. The molecule has 0 saturated heterocycles. The number of hydrogen-bond acceptors (Lipinski definition) is 2. The van der Waals surface area contributed by atoms with Gasteiger partial charge in [-0.25, -0.2) is 0 Å². The van der Waals surface area contributed by atoms with Crippen molar-refractivity contribution in [2.24, 2.45) is 0 Å². The quantitative estimate of drug-likeness (QED) is 0.886. The second-order valence-electron chi connectivity index (χ2n) is 4.82. The lowest BCUT2D eigenvalue weighted by molar-refractivity contribution is 0.475. The number of benzene rings is 2. The van der Waals surface area contributed by atoms with Gasteiger partial charge >= 0.3 is 0 Å². The number of phenolic OH excluding ortho intramolecular Hbond substituents is 1. The van der Waals surface area contributed by atoms with Crippen LogP contribution in [0.4, 0.5) is 5.69 Å². The number of phenols is 1. The summed E-state index contributed by atoms with van der Waals surface area (Å²) in [5.41, 5.74) is 4.81. The average Bonchev–Trinajstić information content (AvgIpc) is 2.28. The molecule has 0 heterocycles. The number of rotatable bonds is 3. The SMILES string of the molecule is Cc1cccc(CN(C)c2ccc(O)cc2C)c1. The fourth-order valence-corrected chi connectivity index (χ4v) is 2.24. The number of aromatic hydroxyl groups is 1. The third-order valence-corrected chi connectivity index (χ3v) is 3.09. The molecule has 94 valence electrons. The normalized spacial score (nSPS) is 10.4. The van der Waals surface area contributed by atoms with E-state index in [1.54, 1.807) is 12.1 Å². The summed E-state index contributed by atoms with van der Waals surface area (Å²) >= 11 is 0. The highest BCUT2D eigenvalue weighted by molar-refractivity contribution is 5.55. The van der Waals surface area contributed by atoms with Crippen molar-refractivity contribution in [1.29, 1.82) is 0 Å². The standard InChI is InChI=1S/C16H19NO/c1-12-5-4-6-14(9-12)11-17(3)16-8-7-15(18)10-13(16)2/h4-10,18H,11H2,1-3H3. The van der Waals surface area contributed by atoms with E-state index in [-0.39, 0.29) is 0 Å². The van der Waals surface area contributed by atoms with E-state index in [9.17, 15) is 5.11 Å². The highest BCUT2D eigenvalue weighted by atomic mass is 16.3. The van der Waals surface area contributed by atoms with Crippen LogP contribution in [0.1, 0.15) is 16.7 Å². The van der Waals surface area contributed by atoms with E-state index >= 15 is 0 Å². The fraction of sp³-hybridized carbons (Fsp3) is 0.250. The van der Waals surface area contributed by atoms with Crippen LogP contribution in [0.15, 0.2) is 42.5 Å². The largest absolute Gasteiger partial charge is 0.508 e. The Morgan fingerprint density at radius 1 is 1.06 bits per heavy atom. The Labute approximate surface area is 109 Å². The van der Waals surface area contributed by atoms with Crippen LogP contribution in [0.2, 0.25) is 0 Å². The van der Waals surface area contributed by atoms with Crippen molar-refractivity contribution in [2.75, 3.05) is 11.9 Å². The molecular weight excluding hydrogens is 222 g/mol. The first-order valence-corrected chi connectivity index (χ1v) is 6.12. The van der Waals surface area contributed by atoms with Gasteiger partial charge in [-0.1, -0.05) is 29.8 Å². The summed E-state index contributed by atoms with van der Waals surface area (Å²) in [6.45, 7) is 4.99. The summed E-state index contributed by atoms with van der Waals surface area (Å²) in [4.78, 5) is 2.20. The molecule has 0 unspecified atom stereocenters. The van der Waals surface area contributed by atoms with Gasteiger partial charge in [-0.2, -0.15) is 0 Å². The molecule has 18 heavy (non-hydrogen) atoms. The number of aryl methyl sites for hydroxylation is 2. The Balaban J connectivity index is 2.19. The third-order valence-electron chi connectivity index (χ3n) is 3.09. The first kappa shape index (κ1) is 12.5. The Morgan fingerprint density at radius 2 is 1.83 bits per heavy atom. The van der Waals surface area contributed by atoms with Crippen molar-refractivity contribution >= 4 is 5.69 Å². The smallest absolute Gasteiger partial charge is 0.115 e. The molecule has 0 spiro atoms. The molecule has 0 fully saturated rings. The summed E-state index contributed by atoms with van der Waals surface area (Å²) in [5.74, 6) is 0.320. The van der Waals surface area contributed by atoms with E-state index in [4.69, 9.17) is 0 Å². The predicted molar refractivity (Wildman–Crippen MR) is 76.1 cm³/mol. The molecule has 0 saturated carbocycles. The minimum atomic E-state index is 0.320. The zero-order valence-electron chi connectivity index (χ0n) is 11.1. The van der Waals surface area contributed by atoms with Gasteiger partial charge < -0.3 is 10.0 Å². The van der Waals surface area contributed by atoms with Crippen molar-refractivity contribution in [2.45, 2.75) is 20.4 Å². The maximum absolute atomic E-state index is 9.43. The monoisotopic (exact) mass is 241 g/mol. The van der Waals surface area contributed by atoms with Gasteiger partial charge in [0.15, 0.2) is 0 Å². The van der Waals surface area contributed by atoms with E-state index in [0.29, 0.717) is 5.75 Å². The van der Waals surface area contributed by atoms with Gasteiger partial charge in [0, 0.05) is 19.3 Å². The van der Waals surface area contributed by atoms with Crippen LogP contribution >= 0.6 is 0 Å². The minimum absolute atomic E-state index is 0.320. The molecular formula is C16H19NO. The number of hydrogen-bond donors (Lipinski definition) is 1. The molecule has 0 radical (unpaired) electrons. The summed E-state index contributed by atoms with van der Waals surface area (Å²) in [7, 11) is 2.07. The first-order chi connectivity index (χ1) is 8.56. The van der Waals surface area contributed by atoms with Crippen LogP contribution in [0.3, 0.4) is 0 Å². The molecule has 0 amide bonds. The van der Waals surface area contributed by atoms with Crippen LogP contribution in [0.25, 0.3) is 0 Å². The lowest BCUT2D eigenvalue weighted by atomic mass is 10.1. The molecule has 2 aromatic carbocycles. The molecule has 2 rings (SSSR count). The van der Waals surface area contributed by atoms with Crippen molar-refractivity contribution in [3.05, 3.63) is 59.2 Å². The number of nitrogens with zero attached hydrogens (tertiary/aromatic N) is 1. The zero-order chi connectivity index (χ0) is 13.1. The summed E-state index contributed by atoms with van der Waals surface area (Å²) in [6.07, 6.45) is 0. The van der Waals surface area contributed by atoms with Gasteiger partial charge in [0.2, 0.25) is 0 Å². The highest BCUT2D eigenvalue weighted by Gasteiger charge is 2.06. The van der Waals surface area contributed by atoms with Crippen LogP contribution in [-0.4, -0.2) is 12.2 Å². The summed E-state index contributed by atoms with van der Waals surface area (Å²) in [6, 6.07) is 14.0. The molecule has 0 atom stereocenters. The van der Waals surface area contributed by atoms with Gasteiger partial charge in [-0.3, -0.25) is 0 Å². The van der Waals surface area contributed by atoms with Gasteiger partial charge in [0.05, 0.1) is 0 Å². The van der Waals surface area contributed by atoms with Gasteiger partial charge in [0.25, 0.3) is 0 Å². The Hall–Kier alpha value is -1.96. The molecule has 0 aromatic heterocycles. The maximum Gasteiger partial charge on any atom is 0.115 e. The Morgan fingerprint density at radius 3 is 2.50 bits per heavy atom. The first-order valence-electron chi connectivity index (χ1n) is 6.12. The van der Waals surface area contributed by atoms with Crippen molar-refractivity contribution < 1.29 is 5.11 Å². The second-order valence-corrected chi connectivity index (χ2v) is 4.82. The molecule has 2 heteroatoms. The van der Waals surface area contributed by atoms with Crippen molar-refractivity contribution in [3.8, 4) is 5.75 Å². The summed E-state index contributed by atoms with van der Waals surface area (Å²) < 4.78 is 0. The van der Waals surface area contributed by atoms with Crippen LogP contribution in [0, 0.1) is 13.8 Å². The van der Waals surface area contributed by atoms with E-state index in [0.717, 1.165) is 17.8 Å². The van der Waals surface area contributed by atoms with Gasteiger partial charge in [-0.05, 0) is 43.2 Å². The molecule has 0 bridgehead atoms. The fourth-order valence-electron chi connectivity index (χ4n) is 2.24. The Kier molecular flexibility index (Phi) is 3.56. The molecule has 2 nitrogen and oxygen atoms in total. The van der Waals surface area contributed by atoms with Gasteiger partial charge in [-0.15, -0.1) is 0 Å².